The van der Waals surface area contributed by atoms with Gasteiger partial charge in [0.15, 0.2) is 0 Å². The van der Waals surface area contributed by atoms with Crippen molar-refractivity contribution in [3.05, 3.63) is 51.5 Å². The van der Waals surface area contributed by atoms with Crippen LogP contribution in [-0.4, -0.2) is 16.8 Å². The van der Waals surface area contributed by atoms with Gasteiger partial charge in [-0.2, -0.15) is 0 Å². The fraction of sp³-hybridized carbons (Fsp3) is 0.421. The second-order valence-corrected chi connectivity index (χ2v) is 8.65. The molecule has 3 rings (SSSR count). The maximum absolute atomic E-state index is 12.3. The third-order valence-electron chi connectivity index (χ3n) is 4.74. The molecule has 1 aliphatic carbocycles. The van der Waals surface area contributed by atoms with Crippen LogP contribution in [0, 0.1) is 11.3 Å². The molecule has 0 spiro atoms. The van der Waals surface area contributed by atoms with E-state index < -0.39 is 0 Å². The zero-order chi connectivity index (χ0) is 18.0. The first-order valence-electron chi connectivity index (χ1n) is 8.47. The van der Waals surface area contributed by atoms with Crippen molar-refractivity contribution in [2.75, 3.05) is 0 Å². The molecule has 0 fully saturated rings. The molecule has 5 nitrogen and oxygen atoms in total. The summed E-state index contributed by atoms with van der Waals surface area (Å²) >= 11 is 1.53. The minimum absolute atomic E-state index is 0.274. The number of aryl methyl sites for hydroxylation is 1. The molecule has 0 unspecified atom stereocenters. The maximum atomic E-state index is 12.3. The third-order valence-corrected chi connectivity index (χ3v) is 5.98. The quantitative estimate of drug-likeness (QED) is 0.810. The van der Waals surface area contributed by atoms with Crippen molar-refractivity contribution in [3.8, 4) is 0 Å². The van der Waals surface area contributed by atoms with Crippen LogP contribution >= 0.6 is 11.3 Å². The van der Waals surface area contributed by atoms with Crippen molar-refractivity contribution in [1.29, 1.82) is 0 Å². The molecule has 1 aliphatic rings. The van der Waals surface area contributed by atoms with E-state index in [2.05, 4.69) is 36.6 Å². The number of nitrogens with zero attached hydrogens (tertiary/aromatic N) is 1. The number of aromatic nitrogens is 1. The van der Waals surface area contributed by atoms with E-state index in [1.165, 1.54) is 28.0 Å². The smallest absolute Gasteiger partial charge is 0.267 e. The zero-order valence-corrected chi connectivity index (χ0v) is 15.6. The van der Waals surface area contributed by atoms with Crippen molar-refractivity contribution >= 4 is 23.2 Å². The highest BCUT2D eigenvalue weighted by Crippen LogP contribution is 2.40. The first kappa shape index (κ1) is 17.6. The summed E-state index contributed by atoms with van der Waals surface area (Å²) in [4.78, 5) is 30.1. The number of hydrogen-bond acceptors (Lipinski definition) is 4. The van der Waals surface area contributed by atoms with Gasteiger partial charge in [-0.05, 0) is 54.4 Å². The van der Waals surface area contributed by atoms with Crippen LogP contribution in [0.4, 0.5) is 0 Å². The summed E-state index contributed by atoms with van der Waals surface area (Å²) in [6.45, 7) is 6.82. The van der Waals surface area contributed by atoms with Gasteiger partial charge in [0.25, 0.3) is 11.8 Å². The first-order chi connectivity index (χ1) is 11.8. The van der Waals surface area contributed by atoms with Crippen LogP contribution < -0.4 is 10.9 Å². The fourth-order valence-corrected chi connectivity index (χ4v) is 4.22. The standard InChI is InChI=1S/C19H23N3O2S/c1-19(2,3)14-6-7-15-13(9-14)10-16(25-15)18(24)22-21-17(23)12-5-4-8-20-11-12/h4-5,8,10-11,14H,6-7,9H2,1-3H3,(H,21,23)(H,22,24)/t14-/m1/s1. The van der Waals surface area contributed by atoms with Gasteiger partial charge in [-0.3, -0.25) is 25.4 Å². The number of carbonyl (C=O) groups is 2. The van der Waals surface area contributed by atoms with Crippen molar-refractivity contribution in [1.82, 2.24) is 15.8 Å². The molecule has 6 heteroatoms. The highest BCUT2D eigenvalue weighted by atomic mass is 32.1. The number of amides is 2. The Morgan fingerprint density at radius 3 is 2.68 bits per heavy atom. The molecule has 132 valence electrons. The van der Waals surface area contributed by atoms with E-state index in [1.807, 2.05) is 6.07 Å². The molecule has 0 radical (unpaired) electrons. The predicted molar refractivity (Wildman–Crippen MR) is 98.5 cm³/mol. The minimum atomic E-state index is -0.379. The summed E-state index contributed by atoms with van der Waals surface area (Å²) < 4.78 is 0. The lowest BCUT2D eigenvalue weighted by Crippen LogP contribution is -2.41. The number of carbonyl (C=O) groups excluding carboxylic acids is 2. The van der Waals surface area contributed by atoms with E-state index in [0.29, 0.717) is 16.4 Å². The average molecular weight is 357 g/mol. The normalized spacial score (nSPS) is 16.8. The van der Waals surface area contributed by atoms with Crippen molar-refractivity contribution in [3.63, 3.8) is 0 Å². The van der Waals surface area contributed by atoms with Crippen molar-refractivity contribution in [2.45, 2.75) is 40.0 Å². The molecule has 0 aliphatic heterocycles. The molecule has 0 bridgehead atoms. The molecule has 1 atom stereocenters. The van der Waals surface area contributed by atoms with Gasteiger partial charge in [-0.25, -0.2) is 0 Å². The van der Waals surface area contributed by atoms with E-state index in [4.69, 9.17) is 0 Å². The van der Waals surface area contributed by atoms with Gasteiger partial charge in [0.05, 0.1) is 10.4 Å². The molecule has 2 heterocycles. The summed E-state index contributed by atoms with van der Waals surface area (Å²) in [6, 6.07) is 5.30. The fourth-order valence-electron chi connectivity index (χ4n) is 3.12. The SMILES string of the molecule is CC(C)(C)[C@@H]1CCc2sc(C(=O)NNC(=O)c3cccnc3)cc2C1. The number of fused-ring (bicyclic) bond motifs is 1. The molecule has 2 aromatic rings. The Balaban J connectivity index is 1.63. The molecular weight excluding hydrogens is 334 g/mol. The molecule has 2 amide bonds. The molecule has 2 N–H and O–H groups in total. The lowest BCUT2D eigenvalue weighted by atomic mass is 9.72. The molecule has 0 saturated carbocycles. The molecule has 25 heavy (non-hydrogen) atoms. The van der Waals surface area contributed by atoms with E-state index in [1.54, 1.807) is 18.3 Å². The number of hydrazine groups is 1. The van der Waals surface area contributed by atoms with Gasteiger partial charge in [-0.15, -0.1) is 11.3 Å². The summed E-state index contributed by atoms with van der Waals surface area (Å²) in [5.74, 6) is -0.0182. The van der Waals surface area contributed by atoms with E-state index in [-0.39, 0.29) is 17.2 Å². The number of pyridine rings is 1. The molecule has 0 aromatic carbocycles. The summed E-state index contributed by atoms with van der Waals surface area (Å²) in [6.07, 6.45) is 6.26. The Bertz CT molecular complexity index is 778. The van der Waals surface area contributed by atoms with Gasteiger partial charge < -0.3 is 0 Å². The van der Waals surface area contributed by atoms with E-state index >= 15 is 0 Å². The largest absolute Gasteiger partial charge is 0.279 e. The number of thiophene rings is 1. The van der Waals surface area contributed by atoms with Crippen LogP contribution in [0.1, 0.15) is 57.7 Å². The number of nitrogens with one attached hydrogen (secondary N) is 2. The van der Waals surface area contributed by atoms with Crippen molar-refractivity contribution < 1.29 is 9.59 Å². The molecule has 2 aromatic heterocycles. The second-order valence-electron chi connectivity index (χ2n) is 7.51. The maximum Gasteiger partial charge on any atom is 0.279 e. The predicted octanol–water partition coefficient (Wildman–Crippen LogP) is 3.37. The van der Waals surface area contributed by atoms with Crippen LogP contribution in [0.15, 0.2) is 30.6 Å². The molecular formula is C19H23N3O2S. The third kappa shape index (κ3) is 4.07. The van der Waals surface area contributed by atoms with E-state index in [9.17, 15) is 9.59 Å². The van der Waals surface area contributed by atoms with E-state index in [0.717, 1.165) is 19.3 Å². The summed E-state index contributed by atoms with van der Waals surface area (Å²) in [5, 5.41) is 0. The van der Waals surface area contributed by atoms with Crippen molar-refractivity contribution in [2.24, 2.45) is 11.3 Å². The van der Waals surface area contributed by atoms with Gasteiger partial charge in [0.1, 0.15) is 0 Å². The molecule has 0 saturated heterocycles. The lowest BCUT2D eigenvalue weighted by molar-refractivity contribution is 0.0848. The van der Waals surface area contributed by atoms with Gasteiger partial charge >= 0.3 is 0 Å². The topological polar surface area (TPSA) is 71.1 Å². The Morgan fingerprint density at radius 2 is 2.00 bits per heavy atom. The van der Waals surface area contributed by atoms with Gasteiger partial charge in [0.2, 0.25) is 0 Å². The van der Waals surface area contributed by atoms with Crippen LogP contribution in [0.2, 0.25) is 0 Å². The summed E-state index contributed by atoms with van der Waals surface area (Å²) in [7, 11) is 0. The van der Waals surface area contributed by atoms with Crippen LogP contribution in [0.3, 0.4) is 0 Å². The van der Waals surface area contributed by atoms with Crippen LogP contribution in [-0.2, 0) is 12.8 Å². The number of hydrogen-bond donors (Lipinski definition) is 2. The summed E-state index contributed by atoms with van der Waals surface area (Å²) in [5.41, 5.74) is 6.89. The highest BCUT2D eigenvalue weighted by Gasteiger charge is 2.30. The highest BCUT2D eigenvalue weighted by molar-refractivity contribution is 7.14. The lowest BCUT2D eigenvalue weighted by Gasteiger charge is -2.33. The Kier molecular flexibility index (Phi) is 4.90. The van der Waals surface area contributed by atoms with Crippen LogP contribution in [0.25, 0.3) is 0 Å². The second kappa shape index (κ2) is 6.96. The monoisotopic (exact) mass is 357 g/mol. The minimum Gasteiger partial charge on any atom is -0.267 e. The van der Waals surface area contributed by atoms with Gasteiger partial charge in [-0.1, -0.05) is 20.8 Å². The van der Waals surface area contributed by atoms with Gasteiger partial charge in [0, 0.05) is 17.3 Å². The average Bonchev–Trinajstić information content (AvgIpc) is 3.02. The number of rotatable bonds is 2. The Labute approximate surface area is 151 Å². The Hall–Kier alpha value is -2.21. The Morgan fingerprint density at radius 1 is 1.24 bits per heavy atom. The zero-order valence-electron chi connectivity index (χ0n) is 14.8. The first-order valence-corrected chi connectivity index (χ1v) is 9.28. The van der Waals surface area contributed by atoms with Crippen LogP contribution in [0.5, 0.6) is 0 Å².